The standard InChI is InChI=1S/C26H26N2O5/c1-17-12-13-18(2)22(14-17)28-26(31)24(19-8-5-4-6-9-19)33-23(29)16-27-25(30)20-10-7-11-21(15-20)32-3/h4-15,24H,16H2,1-3H3,(H,27,30)(H,28,31)/t24-/m1/s1. The van der Waals surface area contributed by atoms with Crippen molar-refractivity contribution in [3.8, 4) is 5.75 Å². The third-order valence-corrected chi connectivity index (χ3v) is 4.97. The van der Waals surface area contributed by atoms with Gasteiger partial charge in [0.05, 0.1) is 7.11 Å². The molecule has 7 nitrogen and oxygen atoms in total. The first-order chi connectivity index (χ1) is 15.9. The molecule has 0 saturated carbocycles. The average Bonchev–Trinajstić information content (AvgIpc) is 2.83. The molecule has 33 heavy (non-hydrogen) atoms. The number of hydrogen-bond acceptors (Lipinski definition) is 5. The Hall–Kier alpha value is -4.13. The number of anilines is 1. The van der Waals surface area contributed by atoms with Gasteiger partial charge in [-0.3, -0.25) is 14.4 Å². The number of esters is 1. The Labute approximate surface area is 192 Å². The summed E-state index contributed by atoms with van der Waals surface area (Å²) in [5.74, 6) is -1.15. The number of methoxy groups -OCH3 is 1. The molecule has 0 spiro atoms. The second kappa shape index (κ2) is 10.9. The molecular weight excluding hydrogens is 420 g/mol. The molecule has 170 valence electrons. The molecule has 0 aliphatic heterocycles. The van der Waals surface area contributed by atoms with Gasteiger partial charge in [-0.1, -0.05) is 48.5 Å². The van der Waals surface area contributed by atoms with Crippen molar-refractivity contribution in [2.24, 2.45) is 0 Å². The molecule has 3 rings (SSSR count). The van der Waals surface area contributed by atoms with E-state index in [1.165, 1.54) is 7.11 Å². The molecule has 2 N–H and O–H groups in total. The van der Waals surface area contributed by atoms with Crippen molar-refractivity contribution in [1.29, 1.82) is 0 Å². The topological polar surface area (TPSA) is 93.7 Å². The molecule has 0 unspecified atom stereocenters. The molecule has 0 aliphatic rings. The Morgan fingerprint density at radius 3 is 2.39 bits per heavy atom. The Morgan fingerprint density at radius 1 is 0.909 bits per heavy atom. The first-order valence-corrected chi connectivity index (χ1v) is 10.4. The van der Waals surface area contributed by atoms with Crippen molar-refractivity contribution in [3.05, 3.63) is 95.1 Å². The summed E-state index contributed by atoms with van der Waals surface area (Å²) in [5, 5.41) is 5.35. The minimum absolute atomic E-state index is 0.342. The summed E-state index contributed by atoms with van der Waals surface area (Å²) in [4.78, 5) is 37.9. The second-order valence-electron chi connectivity index (χ2n) is 7.50. The van der Waals surface area contributed by atoms with Crippen LogP contribution in [-0.2, 0) is 14.3 Å². The highest BCUT2D eigenvalue weighted by atomic mass is 16.5. The van der Waals surface area contributed by atoms with Crippen LogP contribution >= 0.6 is 0 Å². The minimum atomic E-state index is -1.17. The fourth-order valence-electron chi connectivity index (χ4n) is 3.16. The maximum absolute atomic E-state index is 13.1. The van der Waals surface area contributed by atoms with E-state index in [0.29, 0.717) is 22.6 Å². The lowest BCUT2D eigenvalue weighted by Crippen LogP contribution is -2.33. The van der Waals surface area contributed by atoms with E-state index >= 15 is 0 Å². The predicted octanol–water partition coefficient (Wildman–Crippen LogP) is 3.97. The molecule has 1 atom stereocenters. The monoisotopic (exact) mass is 446 g/mol. The molecule has 3 aromatic carbocycles. The van der Waals surface area contributed by atoms with Crippen molar-refractivity contribution < 1.29 is 23.9 Å². The first kappa shape index (κ1) is 23.5. The van der Waals surface area contributed by atoms with E-state index in [-0.39, 0.29) is 0 Å². The number of carbonyl (C=O) groups excluding carboxylic acids is 3. The van der Waals surface area contributed by atoms with Gasteiger partial charge in [0, 0.05) is 16.8 Å². The van der Waals surface area contributed by atoms with Crippen LogP contribution in [-0.4, -0.2) is 31.4 Å². The zero-order valence-electron chi connectivity index (χ0n) is 18.8. The Balaban J connectivity index is 1.69. The van der Waals surface area contributed by atoms with Crippen molar-refractivity contribution in [1.82, 2.24) is 5.32 Å². The molecule has 0 fully saturated rings. The number of carbonyl (C=O) groups is 3. The molecule has 0 aliphatic carbocycles. The lowest BCUT2D eigenvalue weighted by Gasteiger charge is -2.19. The number of benzene rings is 3. The van der Waals surface area contributed by atoms with Crippen LogP contribution in [0.15, 0.2) is 72.8 Å². The summed E-state index contributed by atoms with van der Waals surface area (Å²) in [6.45, 7) is 3.41. The lowest BCUT2D eigenvalue weighted by molar-refractivity contribution is -0.153. The molecule has 0 heterocycles. The van der Waals surface area contributed by atoms with E-state index in [9.17, 15) is 14.4 Å². The first-order valence-electron chi connectivity index (χ1n) is 10.4. The minimum Gasteiger partial charge on any atom is -0.497 e. The summed E-state index contributed by atoms with van der Waals surface area (Å²) in [5.41, 5.74) is 3.38. The van der Waals surface area contributed by atoms with Crippen molar-refractivity contribution in [2.75, 3.05) is 19.0 Å². The van der Waals surface area contributed by atoms with E-state index in [1.54, 1.807) is 54.6 Å². The van der Waals surface area contributed by atoms with Crippen LogP contribution in [0, 0.1) is 13.8 Å². The van der Waals surface area contributed by atoms with Crippen LogP contribution in [0.25, 0.3) is 0 Å². The number of ether oxygens (including phenoxy) is 2. The molecule has 0 aromatic heterocycles. The van der Waals surface area contributed by atoms with Gasteiger partial charge in [0.2, 0.25) is 6.10 Å². The molecule has 2 amide bonds. The lowest BCUT2D eigenvalue weighted by atomic mass is 10.1. The van der Waals surface area contributed by atoms with E-state index < -0.39 is 30.4 Å². The Kier molecular flexibility index (Phi) is 7.81. The van der Waals surface area contributed by atoms with Crippen molar-refractivity contribution in [3.63, 3.8) is 0 Å². The highest BCUT2D eigenvalue weighted by Gasteiger charge is 2.26. The van der Waals surface area contributed by atoms with Gasteiger partial charge in [-0.25, -0.2) is 0 Å². The number of rotatable bonds is 8. The summed E-state index contributed by atoms with van der Waals surface area (Å²) >= 11 is 0. The van der Waals surface area contributed by atoms with E-state index in [0.717, 1.165) is 11.1 Å². The van der Waals surface area contributed by atoms with Gasteiger partial charge in [0.15, 0.2) is 0 Å². The number of hydrogen-bond donors (Lipinski definition) is 2. The summed E-state index contributed by atoms with van der Waals surface area (Å²) in [6.07, 6.45) is -1.17. The number of amides is 2. The number of aryl methyl sites for hydroxylation is 2. The molecule has 7 heteroatoms. The average molecular weight is 447 g/mol. The van der Waals surface area contributed by atoms with Crippen molar-refractivity contribution in [2.45, 2.75) is 20.0 Å². The molecule has 0 saturated heterocycles. The zero-order chi connectivity index (χ0) is 23.8. The molecule has 0 radical (unpaired) electrons. The van der Waals surface area contributed by atoms with Crippen LogP contribution in [0.1, 0.15) is 33.2 Å². The third-order valence-electron chi connectivity index (χ3n) is 4.97. The Morgan fingerprint density at radius 2 is 1.67 bits per heavy atom. The number of nitrogens with one attached hydrogen (secondary N) is 2. The smallest absolute Gasteiger partial charge is 0.326 e. The van der Waals surface area contributed by atoms with Crippen LogP contribution in [0.4, 0.5) is 5.69 Å². The van der Waals surface area contributed by atoms with Gasteiger partial charge in [0.1, 0.15) is 12.3 Å². The second-order valence-corrected chi connectivity index (χ2v) is 7.50. The van der Waals surface area contributed by atoms with Crippen LogP contribution in [0.2, 0.25) is 0 Å². The fraction of sp³-hybridized carbons (Fsp3) is 0.192. The van der Waals surface area contributed by atoms with Crippen LogP contribution < -0.4 is 15.4 Å². The molecule has 3 aromatic rings. The largest absolute Gasteiger partial charge is 0.497 e. The van der Waals surface area contributed by atoms with Gasteiger partial charge in [-0.05, 0) is 49.2 Å². The van der Waals surface area contributed by atoms with E-state index in [2.05, 4.69) is 10.6 Å². The normalized spacial score (nSPS) is 11.2. The summed E-state index contributed by atoms with van der Waals surface area (Å²) in [6, 6.07) is 21.0. The third kappa shape index (κ3) is 6.43. The quantitative estimate of drug-likeness (QED) is 0.511. The molecule has 0 bridgehead atoms. The Bertz CT molecular complexity index is 1140. The zero-order valence-corrected chi connectivity index (χ0v) is 18.8. The van der Waals surface area contributed by atoms with E-state index in [1.807, 2.05) is 32.0 Å². The van der Waals surface area contributed by atoms with Gasteiger partial charge in [0.25, 0.3) is 11.8 Å². The highest BCUT2D eigenvalue weighted by Crippen LogP contribution is 2.23. The van der Waals surface area contributed by atoms with Crippen molar-refractivity contribution >= 4 is 23.5 Å². The van der Waals surface area contributed by atoms with Gasteiger partial charge >= 0.3 is 5.97 Å². The predicted molar refractivity (Wildman–Crippen MR) is 125 cm³/mol. The van der Waals surface area contributed by atoms with Gasteiger partial charge in [-0.15, -0.1) is 0 Å². The summed E-state index contributed by atoms with van der Waals surface area (Å²) < 4.78 is 10.6. The van der Waals surface area contributed by atoms with Crippen LogP contribution in [0.5, 0.6) is 5.75 Å². The highest BCUT2D eigenvalue weighted by molar-refractivity contribution is 5.98. The maximum Gasteiger partial charge on any atom is 0.326 e. The SMILES string of the molecule is COc1cccc(C(=O)NCC(=O)O[C@@H](C(=O)Nc2cc(C)ccc2C)c2ccccc2)c1. The fourth-order valence-corrected chi connectivity index (χ4v) is 3.16. The molecular formula is C26H26N2O5. The van der Waals surface area contributed by atoms with E-state index in [4.69, 9.17) is 9.47 Å². The van der Waals surface area contributed by atoms with Gasteiger partial charge in [-0.2, -0.15) is 0 Å². The maximum atomic E-state index is 13.1. The summed E-state index contributed by atoms with van der Waals surface area (Å²) in [7, 11) is 1.50. The van der Waals surface area contributed by atoms with Gasteiger partial charge < -0.3 is 20.1 Å². The van der Waals surface area contributed by atoms with Crippen LogP contribution in [0.3, 0.4) is 0 Å².